The highest BCUT2D eigenvalue weighted by Crippen LogP contribution is 2.36. The molecule has 0 radical (unpaired) electrons. The van der Waals surface area contributed by atoms with Gasteiger partial charge < -0.3 is 9.32 Å². The molecule has 4 aromatic rings. The van der Waals surface area contributed by atoms with Crippen molar-refractivity contribution >= 4 is 29.0 Å². The van der Waals surface area contributed by atoms with Gasteiger partial charge in [0, 0.05) is 42.1 Å². The van der Waals surface area contributed by atoms with Gasteiger partial charge in [-0.2, -0.15) is 0 Å². The van der Waals surface area contributed by atoms with Gasteiger partial charge in [-0.1, -0.05) is 37.3 Å². The van der Waals surface area contributed by atoms with Crippen LogP contribution in [0.5, 0.6) is 0 Å². The van der Waals surface area contributed by atoms with Gasteiger partial charge in [-0.05, 0) is 50.3 Å². The lowest BCUT2D eigenvalue weighted by Gasteiger charge is -2.24. The fourth-order valence-electron chi connectivity index (χ4n) is 5.33. The van der Waals surface area contributed by atoms with Crippen molar-refractivity contribution in [2.45, 2.75) is 57.9 Å². The van der Waals surface area contributed by atoms with Crippen molar-refractivity contribution in [1.82, 2.24) is 25.1 Å². The lowest BCUT2D eigenvalue weighted by atomic mass is 10.0. The predicted octanol–water partition coefficient (Wildman–Crippen LogP) is 5.35. The zero-order valence-corrected chi connectivity index (χ0v) is 22.9. The summed E-state index contributed by atoms with van der Waals surface area (Å²) in [5.41, 5.74) is 2.99. The number of hydrogen-bond acceptors (Lipinski definition) is 8. The van der Waals surface area contributed by atoms with Crippen LogP contribution in [0.3, 0.4) is 0 Å². The highest BCUT2D eigenvalue weighted by Gasteiger charge is 2.34. The van der Waals surface area contributed by atoms with E-state index in [0.717, 1.165) is 36.4 Å². The van der Waals surface area contributed by atoms with Crippen molar-refractivity contribution in [3.8, 4) is 11.6 Å². The van der Waals surface area contributed by atoms with Gasteiger partial charge >= 0.3 is 0 Å². The normalized spacial score (nSPS) is 18.2. The number of pyridine rings is 1. The monoisotopic (exact) mass is 542 g/mol. The molecular weight excluding hydrogens is 512 g/mol. The summed E-state index contributed by atoms with van der Waals surface area (Å²) in [6, 6.07) is 13.5. The molecule has 6 rings (SSSR count). The summed E-state index contributed by atoms with van der Waals surface area (Å²) < 4.78 is 6.08. The molecule has 1 aromatic carbocycles. The minimum atomic E-state index is -0.112. The Hall–Kier alpha value is -3.92. The molecule has 0 bridgehead atoms. The van der Waals surface area contributed by atoms with Crippen LogP contribution < -0.4 is 4.90 Å². The van der Waals surface area contributed by atoms with Crippen molar-refractivity contribution in [3.63, 3.8) is 0 Å². The van der Waals surface area contributed by atoms with Crippen LogP contribution in [0.15, 0.2) is 52.3 Å². The van der Waals surface area contributed by atoms with Crippen molar-refractivity contribution in [1.29, 1.82) is 0 Å². The van der Waals surface area contributed by atoms with Crippen LogP contribution >= 0.6 is 11.3 Å². The molecule has 39 heavy (non-hydrogen) atoms. The van der Waals surface area contributed by atoms with E-state index in [2.05, 4.69) is 27.3 Å². The number of rotatable bonds is 7. The summed E-state index contributed by atoms with van der Waals surface area (Å²) in [4.78, 5) is 39.4. The number of anilines is 1. The SMILES string of the molecule is Cc1csc(C2CCCN2C(=O)c2cc(-c3nnc(C(C)Cc4ccccc4)o3)nc(N3CCCC3=O)c2)n1. The first kappa shape index (κ1) is 25.4. The standard InChI is InChI=1S/C29H30N6O3S/c1-18(14-20-8-4-3-5-9-20)26-32-33-27(38-26)22-15-21(16-24(31-22)35-13-7-11-25(35)36)29(37)34-12-6-10-23(34)28-30-19(2)17-39-28/h3-5,8-9,15-18,23H,6-7,10-14H2,1-2H3. The van der Waals surface area contributed by atoms with E-state index in [9.17, 15) is 9.59 Å². The smallest absolute Gasteiger partial charge is 0.266 e. The second kappa shape index (κ2) is 10.7. The molecule has 9 nitrogen and oxygen atoms in total. The topological polar surface area (TPSA) is 105 Å². The lowest BCUT2D eigenvalue weighted by Crippen LogP contribution is -2.31. The summed E-state index contributed by atoms with van der Waals surface area (Å²) in [5.74, 6) is 1.07. The van der Waals surface area contributed by atoms with Gasteiger partial charge in [0.05, 0.1) is 6.04 Å². The van der Waals surface area contributed by atoms with Gasteiger partial charge in [-0.3, -0.25) is 14.5 Å². The van der Waals surface area contributed by atoms with Crippen LogP contribution in [0, 0.1) is 6.92 Å². The molecule has 2 amide bonds. The van der Waals surface area contributed by atoms with Crippen LogP contribution in [0.4, 0.5) is 5.82 Å². The second-order valence-corrected chi connectivity index (χ2v) is 11.2. The van der Waals surface area contributed by atoms with Gasteiger partial charge in [-0.25, -0.2) is 9.97 Å². The van der Waals surface area contributed by atoms with E-state index in [0.29, 0.717) is 42.5 Å². The first-order chi connectivity index (χ1) is 19.0. The molecule has 3 aromatic heterocycles. The molecule has 5 heterocycles. The van der Waals surface area contributed by atoms with E-state index in [-0.39, 0.29) is 29.7 Å². The summed E-state index contributed by atoms with van der Waals surface area (Å²) in [5, 5.41) is 11.6. The van der Waals surface area contributed by atoms with E-state index in [4.69, 9.17) is 9.40 Å². The van der Waals surface area contributed by atoms with Gasteiger partial charge in [0.15, 0.2) is 0 Å². The van der Waals surface area contributed by atoms with Crippen LogP contribution in [-0.2, 0) is 11.2 Å². The number of amides is 2. The Bertz CT molecular complexity index is 1500. The first-order valence-corrected chi connectivity index (χ1v) is 14.3. The molecule has 10 heteroatoms. The Kier molecular flexibility index (Phi) is 6.95. The molecule has 2 aliphatic heterocycles. The zero-order valence-electron chi connectivity index (χ0n) is 22.0. The minimum Gasteiger partial charge on any atom is -0.419 e. The molecule has 0 saturated carbocycles. The number of nitrogens with zero attached hydrogens (tertiary/aromatic N) is 6. The average molecular weight is 543 g/mol. The molecular formula is C29H30N6O3S. The van der Waals surface area contributed by atoms with Gasteiger partial charge in [0.2, 0.25) is 11.8 Å². The van der Waals surface area contributed by atoms with Gasteiger partial charge in [0.25, 0.3) is 11.8 Å². The maximum atomic E-state index is 13.9. The molecule has 0 aliphatic carbocycles. The Morgan fingerprint density at radius 1 is 1.13 bits per heavy atom. The largest absolute Gasteiger partial charge is 0.419 e. The first-order valence-electron chi connectivity index (χ1n) is 13.4. The molecule has 200 valence electrons. The van der Waals surface area contributed by atoms with Gasteiger partial charge in [-0.15, -0.1) is 21.5 Å². The number of hydrogen-bond donors (Lipinski definition) is 0. The Balaban J connectivity index is 1.32. The highest BCUT2D eigenvalue weighted by atomic mass is 32.1. The maximum absolute atomic E-state index is 13.9. The second-order valence-electron chi connectivity index (χ2n) is 10.3. The summed E-state index contributed by atoms with van der Waals surface area (Å²) in [6.45, 7) is 5.23. The fraction of sp³-hybridized carbons (Fsp3) is 0.379. The van der Waals surface area contributed by atoms with Crippen molar-refractivity contribution < 1.29 is 14.0 Å². The molecule has 0 spiro atoms. The molecule has 2 unspecified atom stereocenters. The Labute approximate surface area is 230 Å². The average Bonchev–Trinajstić information content (AvgIpc) is 3.76. The third-order valence-corrected chi connectivity index (χ3v) is 8.37. The fourth-order valence-corrected chi connectivity index (χ4v) is 6.27. The van der Waals surface area contributed by atoms with E-state index >= 15 is 0 Å². The van der Waals surface area contributed by atoms with Crippen molar-refractivity contribution in [3.05, 3.63) is 75.6 Å². The minimum absolute atomic E-state index is 0.00180. The number of aromatic nitrogens is 4. The van der Waals surface area contributed by atoms with Crippen molar-refractivity contribution in [2.24, 2.45) is 0 Å². The van der Waals surface area contributed by atoms with Crippen LogP contribution in [-0.4, -0.2) is 50.0 Å². The molecule has 2 aliphatic rings. The van der Waals surface area contributed by atoms with Crippen LogP contribution in [0.25, 0.3) is 11.6 Å². The van der Waals surface area contributed by atoms with E-state index < -0.39 is 0 Å². The van der Waals surface area contributed by atoms with E-state index in [1.165, 1.54) is 5.56 Å². The quantitative estimate of drug-likeness (QED) is 0.310. The number of aryl methyl sites for hydroxylation is 1. The molecule has 0 N–H and O–H groups in total. The summed E-state index contributed by atoms with van der Waals surface area (Å²) in [6.07, 6.45) is 3.77. The lowest BCUT2D eigenvalue weighted by molar-refractivity contribution is -0.117. The van der Waals surface area contributed by atoms with Crippen molar-refractivity contribution in [2.75, 3.05) is 18.0 Å². The molecule has 2 saturated heterocycles. The maximum Gasteiger partial charge on any atom is 0.266 e. The molecule has 2 atom stereocenters. The van der Waals surface area contributed by atoms with Gasteiger partial charge in [0.1, 0.15) is 16.5 Å². The zero-order chi connectivity index (χ0) is 26.9. The van der Waals surface area contributed by atoms with E-state index in [1.807, 2.05) is 42.3 Å². The summed E-state index contributed by atoms with van der Waals surface area (Å²) >= 11 is 1.59. The van der Waals surface area contributed by atoms with Crippen LogP contribution in [0.1, 0.15) is 77.1 Å². The number of thiazole rings is 1. The summed E-state index contributed by atoms with van der Waals surface area (Å²) in [7, 11) is 0. The van der Waals surface area contributed by atoms with E-state index in [1.54, 1.807) is 28.4 Å². The number of carbonyl (C=O) groups is 2. The number of carbonyl (C=O) groups excluding carboxylic acids is 2. The Morgan fingerprint density at radius 3 is 2.72 bits per heavy atom. The third-order valence-electron chi connectivity index (χ3n) is 7.31. The predicted molar refractivity (Wildman–Crippen MR) is 148 cm³/mol. The van der Waals surface area contributed by atoms with Crippen LogP contribution in [0.2, 0.25) is 0 Å². The number of likely N-dealkylation sites (tertiary alicyclic amines) is 1. The molecule has 2 fully saturated rings. The third kappa shape index (κ3) is 5.21. The Morgan fingerprint density at radius 2 is 1.97 bits per heavy atom. The highest BCUT2D eigenvalue weighted by molar-refractivity contribution is 7.09. The number of benzene rings is 1.